The zero-order valence-electron chi connectivity index (χ0n) is 72.2. The van der Waals surface area contributed by atoms with Gasteiger partial charge in [0.05, 0.1) is 63.0 Å². The number of alkyl halides is 1. The second-order valence-corrected chi connectivity index (χ2v) is 55.4. The molecule has 6 aromatic heterocycles. The molecular formula is C87H109Br4Cl2N15O9S3Si2. The monoisotopic (exact) mass is 2050 g/mol. The summed E-state index contributed by atoms with van der Waals surface area (Å²) in [4.78, 5) is 29.0. The van der Waals surface area contributed by atoms with Gasteiger partial charge in [-0.3, -0.25) is 8.61 Å². The van der Waals surface area contributed by atoms with Crippen molar-refractivity contribution in [2.24, 2.45) is 0 Å². The number of imidazole rings is 3. The second kappa shape index (κ2) is 37.7. The molecular weight excluding hydrogens is 1940 g/mol. The number of hydrogen-bond donors (Lipinski definition) is 5. The lowest BCUT2D eigenvalue weighted by molar-refractivity contribution is 0.277. The van der Waals surface area contributed by atoms with Crippen LogP contribution in [0.5, 0.6) is 0 Å². The average Bonchev–Trinajstić information content (AvgIpc) is 0.983. The highest BCUT2D eigenvalue weighted by molar-refractivity contribution is 9.11. The number of halogens is 6. The van der Waals surface area contributed by atoms with Gasteiger partial charge in [0.2, 0.25) is 0 Å². The fourth-order valence-corrected chi connectivity index (χ4v) is 21.5. The van der Waals surface area contributed by atoms with E-state index in [9.17, 15) is 30.4 Å². The molecule has 14 rings (SSSR count). The molecule has 0 atom stereocenters. The topological polar surface area (TPSA) is 300 Å². The third kappa shape index (κ3) is 22.5. The normalized spacial score (nSPS) is 14.3. The number of nitrogens with zero attached hydrogens (tertiary/aromatic N) is 11. The predicted octanol–water partition coefficient (Wildman–Crippen LogP) is 21.7. The minimum atomic E-state index is -3.79. The molecule has 8 heterocycles. The molecule has 122 heavy (non-hydrogen) atoms. The molecule has 0 spiro atoms. The molecule has 6 aromatic carbocycles. The van der Waals surface area contributed by atoms with Gasteiger partial charge >= 0.3 is 0 Å². The summed E-state index contributed by atoms with van der Waals surface area (Å²) in [6.07, 6.45) is 18.5. The van der Waals surface area contributed by atoms with Gasteiger partial charge in [-0.15, -0.1) is 12.4 Å². The van der Waals surface area contributed by atoms with Gasteiger partial charge < -0.3 is 48.8 Å². The van der Waals surface area contributed by atoms with E-state index >= 15 is 0 Å². The minimum Gasteiger partial charge on any atom is -0.412 e. The molecule has 0 bridgehead atoms. The number of anilines is 6. The molecule has 0 aliphatic carbocycles. The number of rotatable bonds is 18. The maximum atomic E-state index is 14.1. The first-order chi connectivity index (χ1) is 56.3. The zero-order chi connectivity index (χ0) is 88.7. The lowest BCUT2D eigenvalue weighted by Crippen LogP contribution is -2.41. The van der Waals surface area contributed by atoms with E-state index in [0.29, 0.717) is 99.4 Å². The van der Waals surface area contributed by atoms with E-state index in [1.54, 1.807) is 71.4 Å². The number of nitrogen functional groups attached to an aromatic ring is 1. The molecule has 654 valence electrons. The maximum absolute atomic E-state index is 14.1. The first-order valence-electron chi connectivity index (χ1n) is 39.6. The molecule has 0 amide bonds. The van der Waals surface area contributed by atoms with Crippen LogP contribution < -0.4 is 30.3 Å². The Hall–Kier alpha value is -7.36. The van der Waals surface area contributed by atoms with Gasteiger partial charge in [0, 0.05) is 154 Å². The zero-order valence-corrected chi connectivity index (χ0v) is 84.6. The van der Waals surface area contributed by atoms with Crippen LogP contribution in [0.4, 0.5) is 34.5 Å². The number of aliphatic hydroxyl groups is 1. The number of aliphatic hydroxyl groups excluding tert-OH is 1. The Labute approximate surface area is 764 Å². The molecule has 24 nitrogen and oxygen atoms in total. The number of aromatic nitrogens is 9. The molecule has 0 saturated heterocycles. The molecule has 35 heteroatoms. The number of benzene rings is 6. The maximum Gasteiger partial charge on any atom is 0.264 e. The average molecular weight is 2050 g/mol. The Morgan fingerprint density at radius 2 is 0.869 bits per heavy atom. The number of nitrogens with one attached hydrogen (secondary N) is 3. The van der Waals surface area contributed by atoms with Crippen LogP contribution in [0.15, 0.2) is 193 Å². The van der Waals surface area contributed by atoms with Crippen molar-refractivity contribution in [1.29, 1.82) is 0 Å². The highest BCUT2D eigenvalue weighted by Crippen LogP contribution is 2.45. The fraction of sp³-hybridized carbons (Fsp3) is 0.379. The van der Waals surface area contributed by atoms with E-state index in [1.807, 2.05) is 120 Å². The summed E-state index contributed by atoms with van der Waals surface area (Å²) < 4.78 is 102. The van der Waals surface area contributed by atoms with Gasteiger partial charge in [0.15, 0.2) is 51.0 Å². The largest absolute Gasteiger partial charge is 0.412 e. The summed E-state index contributed by atoms with van der Waals surface area (Å²) in [5, 5.41) is 21.6. The summed E-state index contributed by atoms with van der Waals surface area (Å²) in [7, 11) is -10.0. The molecule has 0 saturated carbocycles. The van der Waals surface area contributed by atoms with Gasteiger partial charge in [-0.1, -0.05) is 142 Å². The van der Waals surface area contributed by atoms with Crippen LogP contribution >= 0.6 is 86.8 Å². The molecule has 6 N–H and O–H groups in total. The van der Waals surface area contributed by atoms with Crippen LogP contribution in [0.25, 0.3) is 50.7 Å². The SMILES string of the molecule is CC(C)(C)Nc1nc(-c2cccc(N)c2CO[Si](C)(C)C(C)(C)C)cn2ccnc12.CC(C)(C)Nc1nc(-c2cccc(N3CCc4cc(Br)ccc4S3(=O)=O)c2CO)cn2ccnc12.CC(C)(C)Nc1nc(-c2cccc(N3CCc4cc(Br)ccc4S3(=O)=O)c2CO[Si](C)(C)C(C)(C)C)cn2ccnc12.Cl.O=S(=O)(Cl)c1ccc(Br)cc1CCBr. The van der Waals surface area contributed by atoms with Crippen LogP contribution in [0, 0.1) is 0 Å². The van der Waals surface area contributed by atoms with Crippen molar-refractivity contribution in [3.8, 4) is 33.8 Å². The Morgan fingerprint density at radius 3 is 1.24 bits per heavy atom. The van der Waals surface area contributed by atoms with Crippen molar-refractivity contribution in [3.05, 3.63) is 212 Å². The van der Waals surface area contributed by atoms with Crippen LogP contribution in [0.1, 0.15) is 137 Å². The number of sulfonamides is 2. The number of aryl methyl sites for hydroxylation is 1. The van der Waals surface area contributed by atoms with Crippen molar-refractivity contribution in [2.75, 3.05) is 48.7 Å². The summed E-state index contributed by atoms with van der Waals surface area (Å²) in [6, 6.07) is 32.6. The van der Waals surface area contributed by atoms with Crippen LogP contribution in [-0.4, -0.2) is 125 Å². The van der Waals surface area contributed by atoms with Crippen molar-refractivity contribution < 1.29 is 39.2 Å². The highest BCUT2D eigenvalue weighted by Gasteiger charge is 2.41. The van der Waals surface area contributed by atoms with E-state index in [1.165, 1.54) is 10.4 Å². The van der Waals surface area contributed by atoms with Gasteiger partial charge in [-0.2, -0.15) is 0 Å². The standard InChI is InChI=1S/C31H40BrN5O3SSi.C25H26BrN5O3S.C23H35N5OSi.C8H7Br2ClO2S.ClH/c1-30(2,3)35-28-29-33-15-17-36(29)19-25(34-28)23-10-9-11-26(24(23)20-40-42(7,8)31(4,5)6)37-16-14-21-18-22(32)12-13-27(21)41(37,38)39;1-25(2,3)29-23-24-27-10-12-30(24)14-20(28-23)18-5-4-6-21(19(18)15-32)31-11-9-16-13-17(26)7-8-22(16)35(31,33)34;1-22(2,3)27-20-21-25-12-13-28(21)14-19(26-20)16-10-9-11-18(24)17(16)15-29-30(7,8)23(4,5)6;9-4-3-6-5-7(10)1-2-8(6)14(11,12)13;/h9-13,15,17-19H,14,16,20H2,1-8H3,(H,34,35);4-8,10,12-14,32H,9,11,15H2,1-3H3,(H,28,29);9-14H,15,24H2,1-8H3,(H,26,27);1-2,5H,3-4H2;1H. The van der Waals surface area contributed by atoms with Crippen molar-refractivity contribution in [1.82, 2.24) is 43.1 Å². The van der Waals surface area contributed by atoms with E-state index < -0.39 is 45.7 Å². The van der Waals surface area contributed by atoms with E-state index in [-0.39, 0.29) is 68.6 Å². The Kier molecular flexibility index (Phi) is 29.9. The smallest absolute Gasteiger partial charge is 0.264 e. The van der Waals surface area contributed by atoms with Crippen molar-refractivity contribution in [3.63, 3.8) is 0 Å². The first kappa shape index (κ1) is 96.8. The molecule has 0 radical (unpaired) electrons. The number of hydrogen-bond acceptors (Lipinski definition) is 19. The number of nitrogens with two attached hydrogens (primary N) is 1. The van der Waals surface area contributed by atoms with E-state index in [4.69, 9.17) is 40.2 Å². The summed E-state index contributed by atoms with van der Waals surface area (Å²) in [6.45, 7) is 42.0. The van der Waals surface area contributed by atoms with Crippen LogP contribution in [0.3, 0.4) is 0 Å². The van der Waals surface area contributed by atoms with E-state index in [0.717, 1.165) is 75.3 Å². The van der Waals surface area contributed by atoms with Crippen molar-refractivity contribution >= 4 is 184 Å². The lowest BCUT2D eigenvalue weighted by atomic mass is 10.0. The first-order valence-corrected chi connectivity index (χ1v) is 54.1. The molecule has 2 aliphatic rings. The molecule has 0 fully saturated rings. The number of fused-ring (bicyclic) bond motifs is 5. The third-order valence-electron chi connectivity index (χ3n) is 21.4. The third-order valence-corrected chi connectivity index (χ3v) is 37.5. The van der Waals surface area contributed by atoms with E-state index in [2.05, 4.69) is 210 Å². The minimum absolute atomic E-state index is 0. The van der Waals surface area contributed by atoms with Crippen molar-refractivity contribution in [2.45, 2.75) is 211 Å². The van der Waals surface area contributed by atoms with Crippen LogP contribution in [-0.2, 0) is 77.0 Å². The summed E-state index contributed by atoms with van der Waals surface area (Å²) in [5.74, 6) is 2.03. The Bertz CT molecular complexity index is 6210. The lowest BCUT2D eigenvalue weighted by Gasteiger charge is -2.37. The van der Waals surface area contributed by atoms with Gasteiger partial charge in [0.25, 0.3) is 29.1 Å². The Balaban J connectivity index is 0.000000179. The van der Waals surface area contributed by atoms with Crippen LogP contribution in [0.2, 0.25) is 36.3 Å². The summed E-state index contributed by atoms with van der Waals surface area (Å²) >= 11 is 13.5. The highest BCUT2D eigenvalue weighted by atomic mass is 79.9. The molecule has 2 aliphatic heterocycles. The van der Waals surface area contributed by atoms with Gasteiger partial charge in [-0.25, -0.2) is 55.2 Å². The van der Waals surface area contributed by atoms with Gasteiger partial charge in [0.1, 0.15) is 0 Å². The predicted molar refractivity (Wildman–Crippen MR) is 516 cm³/mol. The fourth-order valence-electron chi connectivity index (χ4n) is 13.4. The second-order valence-electron chi connectivity index (χ2n) is 36.0. The molecule has 12 aromatic rings. The Morgan fingerprint density at radius 1 is 0.516 bits per heavy atom. The quantitative estimate of drug-likeness (QED) is 0.0231. The molecule has 0 unspecified atom stereocenters. The van der Waals surface area contributed by atoms with Gasteiger partial charge in [-0.05, 0) is 207 Å². The summed E-state index contributed by atoms with van der Waals surface area (Å²) in [5.41, 5.74) is 19.0.